The lowest BCUT2D eigenvalue weighted by Crippen LogP contribution is -1.86. The first-order valence-electron chi connectivity index (χ1n) is 5.67. The van der Waals surface area contributed by atoms with Gasteiger partial charge in [0, 0.05) is 12.6 Å². The molecule has 0 unspecified atom stereocenters. The Morgan fingerprint density at radius 3 is 2.18 bits per heavy atom. The molecule has 0 aliphatic carbocycles. The van der Waals surface area contributed by atoms with Crippen LogP contribution in [0.3, 0.4) is 0 Å². The summed E-state index contributed by atoms with van der Waals surface area (Å²) < 4.78 is 0. The van der Waals surface area contributed by atoms with Crippen molar-refractivity contribution in [1.29, 1.82) is 0 Å². The second-order valence-electron chi connectivity index (χ2n) is 3.81. The van der Waals surface area contributed by atoms with Crippen LogP contribution >= 0.6 is 0 Å². The molecule has 17 heavy (non-hydrogen) atoms. The van der Waals surface area contributed by atoms with Crippen molar-refractivity contribution in [2.24, 2.45) is 4.99 Å². The summed E-state index contributed by atoms with van der Waals surface area (Å²) in [4.78, 5) is 4.37. The highest BCUT2D eigenvalue weighted by molar-refractivity contribution is 5.73. The quantitative estimate of drug-likeness (QED) is 0.693. The molecule has 1 heteroatoms. The fourth-order valence-corrected chi connectivity index (χ4v) is 1.58. The van der Waals surface area contributed by atoms with E-state index < -0.39 is 0 Å². The zero-order chi connectivity index (χ0) is 11.9. The number of rotatable bonds is 4. The van der Waals surface area contributed by atoms with Crippen molar-refractivity contribution in [2.45, 2.75) is 6.42 Å². The Kier molecular flexibility index (Phi) is 3.87. The standard InChI is InChI=1S/C16H15N/c1-14(16-10-6-3-7-11-16)17-13-12-15-8-4-2-5-9-15/h2-11,13H,1,12H2. The molecule has 0 saturated heterocycles. The van der Waals surface area contributed by atoms with Gasteiger partial charge in [0.2, 0.25) is 0 Å². The summed E-state index contributed by atoms with van der Waals surface area (Å²) in [5.41, 5.74) is 3.13. The highest BCUT2D eigenvalue weighted by Crippen LogP contribution is 2.12. The van der Waals surface area contributed by atoms with Crippen LogP contribution in [-0.2, 0) is 6.42 Å². The van der Waals surface area contributed by atoms with Crippen LogP contribution in [0.5, 0.6) is 0 Å². The molecule has 2 rings (SSSR count). The Morgan fingerprint density at radius 1 is 0.941 bits per heavy atom. The molecular weight excluding hydrogens is 206 g/mol. The van der Waals surface area contributed by atoms with Crippen LogP contribution in [-0.4, -0.2) is 6.21 Å². The predicted molar refractivity (Wildman–Crippen MR) is 74.1 cm³/mol. The molecule has 2 aromatic carbocycles. The molecule has 0 amide bonds. The second kappa shape index (κ2) is 5.80. The summed E-state index contributed by atoms with van der Waals surface area (Å²) in [7, 11) is 0. The molecule has 0 bridgehead atoms. The molecule has 0 heterocycles. The van der Waals surface area contributed by atoms with Gasteiger partial charge in [-0.1, -0.05) is 67.2 Å². The van der Waals surface area contributed by atoms with Gasteiger partial charge in [-0.2, -0.15) is 0 Å². The van der Waals surface area contributed by atoms with Crippen molar-refractivity contribution in [2.75, 3.05) is 0 Å². The third-order valence-electron chi connectivity index (χ3n) is 2.52. The summed E-state index contributed by atoms with van der Waals surface area (Å²) in [5.74, 6) is 0. The van der Waals surface area contributed by atoms with Gasteiger partial charge in [-0.05, 0) is 11.1 Å². The Bertz CT molecular complexity index is 498. The van der Waals surface area contributed by atoms with Crippen molar-refractivity contribution in [1.82, 2.24) is 0 Å². The number of hydrogen-bond donors (Lipinski definition) is 0. The first kappa shape index (κ1) is 11.3. The maximum Gasteiger partial charge on any atom is 0.0626 e. The van der Waals surface area contributed by atoms with E-state index in [2.05, 4.69) is 23.7 Å². The summed E-state index contributed by atoms with van der Waals surface area (Å²) in [6, 6.07) is 20.3. The van der Waals surface area contributed by atoms with Crippen molar-refractivity contribution in [3.63, 3.8) is 0 Å². The smallest absolute Gasteiger partial charge is 0.0626 e. The molecule has 0 radical (unpaired) electrons. The van der Waals surface area contributed by atoms with E-state index in [9.17, 15) is 0 Å². The normalized spacial score (nSPS) is 10.6. The SMILES string of the molecule is C=C(N=CCc1ccccc1)c1ccccc1. The van der Waals surface area contributed by atoms with Crippen LogP contribution in [0, 0.1) is 0 Å². The van der Waals surface area contributed by atoms with Crippen LogP contribution in [0.2, 0.25) is 0 Å². The van der Waals surface area contributed by atoms with E-state index in [1.807, 2.05) is 54.7 Å². The fraction of sp³-hybridized carbons (Fsp3) is 0.0625. The molecule has 0 aliphatic rings. The van der Waals surface area contributed by atoms with Gasteiger partial charge >= 0.3 is 0 Å². The van der Waals surface area contributed by atoms with Gasteiger partial charge in [0.25, 0.3) is 0 Å². The Morgan fingerprint density at radius 2 is 1.53 bits per heavy atom. The van der Waals surface area contributed by atoms with E-state index in [0.29, 0.717) is 0 Å². The average molecular weight is 221 g/mol. The maximum absolute atomic E-state index is 4.37. The van der Waals surface area contributed by atoms with Gasteiger partial charge in [-0.15, -0.1) is 0 Å². The van der Waals surface area contributed by atoms with Crippen molar-refractivity contribution < 1.29 is 0 Å². The molecule has 0 spiro atoms. The fourth-order valence-electron chi connectivity index (χ4n) is 1.58. The average Bonchev–Trinajstić information content (AvgIpc) is 2.41. The van der Waals surface area contributed by atoms with Crippen LogP contribution in [0.1, 0.15) is 11.1 Å². The largest absolute Gasteiger partial charge is 0.261 e. The third-order valence-corrected chi connectivity index (χ3v) is 2.52. The zero-order valence-corrected chi connectivity index (χ0v) is 9.71. The van der Waals surface area contributed by atoms with E-state index in [1.165, 1.54) is 5.56 Å². The highest BCUT2D eigenvalue weighted by Gasteiger charge is 1.93. The molecule has 1 nitrogen and oxygen atoms in total. The lowest BCUT2D eigenvalue weighted by molar-refractivity contribution is 1.35. The molecule has 0 aliphatic heterocycles. The predicted octanol–water partition coefficient (Wildman–Crippen LogP) is 3.97. The van der Waals surface area contributed by atoms with Gasteiger partial charge in [-0.25, -0.2) is 0 Å². The van der Waals surface area contributed by atoms with Crippen molar-refractivity contribution >= 4 is 11.9 Å². The minimum absolute atomic E-state index is 0.807. The molecule has 84 valence electrons. The third kappa shape index (κ3) is 3.42. The van der Waals surface area contributed by atoms with Gasteiger partial charge in [-0.3, -0.25) is 4.99 Å². The summed E-state index contributed by atoms with van der Waals surface area (Å²) in [5, 5.41) is 0. The van der Waals surface area contributed by atoms with Gasteiger partial charge in [0.05, 0.1) is 5.70 Å². The van der Waals surface area contributed by atoms with Gasteiger partial charge in [0.15, 0.2) is 0 Å². The highest BCUT2D eigenvalue weighted by atomic mass is 14.7. The van der Waals surface area contributed by atoms with Crippen molar-refractivity contribution in [3.05, 3.63) is 78.4 Å². The number of nitrogens with zero attached hydrogens (tertiary/aromatic N) is 1. The Labute approximate surface area is 102 Å². The summed E-state index contributed by atoms with van der Waals surface area (Å²) >= 11 is 0. The molecule has 0 fully saturated rings. The first-order valence-corrected chi connectivity index (χ1v) is 5.67. The zero-order valence-electron chi connectivity index (χ0n) is 9.71. The Hall–Kier alpha value is -2.15. The summed E-state index contributed by atoms with van der Waals surface area (Å²) in [6.07, 6.45) is 2.75. The lowest BCUT2D eigenvalue weighted by Gasteiger charge is -1.99. The lowest BCUT2D eigenvalue weighted by atomic mass is 10.1. The van der Waals surface area contributed by atoms with Crippen molar-refractivity contribution in [3.8, 4) is 0 Å². The summed E-state index contributed by atoms with van der Waals surface area (Å²) in [6.45, 7) is 3.96. The maximum atomic E-state index is 4.37. The van der Waals surface area contributed by atoms with Crippen LogP contribution in [0.15, 0.2) is 72.2 Å². The number of aliphatic imine (C=N–C) groups is 1. The van der Waals surface area contributed by atoms with Gasteiger partial charge < -0.3 is 0 Å². The van der Waals surface area contributed by atoms with E-state index in [0.717, 1.165) is 17.7 Å². The molecular formula is C16H15N. The molecule has 0 saturated carbocycles. The minimum Gasteiger partial charge on any atom is -0.261 e. The van der Waals surface area contributed by atoms with Crippen LogP contribution in [0.4, 0.5) is 0 Å². The van der Waals surface area contributed by atoms with Crippen LogP contribution in [0.25, 0.3) is 5.70 Å². The van der Waals surface area contributed by atoms with E-state index >= 15 is 0 Å². The first-order chi connectivity index (χ1) is 8.36. The second-order valence-corrected chi connectivity index (χ2v) is 3.81. The van der Waals surface area contributed by atoms with Crippen LogP contribution < -0.4 is 0 Å². The minimum atomic E-state index is 0.807. The molecule has 0 N–H and O–H groups in total. The van der Waals surface area contributed by atoms with E-state index in [-0.39, 0.29) is 0 Å². The Balaban J connectivity index is 1.96. The molecule has 0 aromatic heterocycles. The topological polar surface area (TPSA) is 12.4 Å². The van der Waals surface area contributed by atoms with E-state index in [1.54, 1.807) is 0 Å². The number of hydrogen-bond acceptors (Lipinski definition) is 1. The monoisotopic (exact) mass is 221 g/mol. The van der Waals surface area contributed by atoms with E-state index in [4.69, 9.17) is 0 Å². The van der Waals surface area contributed by atoms with Gasteiger partial charge in [0.1, 0.15) is 0 Å². The molecule has 0 atom stereocenters. The molecule has 2 aromatic rings. The number of benzene rings is 2.